The van der Waals surface area contributed by atoms with Gasteiger partial charge in [0.2, 0.25) is 5.91 Å². The van der Waals surface area contributed by atoms with Crippen LogP contribution >= 0.6 is 0 Å². The molecule has 1 aliphatic heterocycles. The van der Waals surface area contributed by atoms with E-state index >= 15 is 0 Å². The van der Waals surface area contributed by atoms with Gasteiger partial charge in [0.15, 0.2) is 0 Å². The average molecular weight is 299 g/mol. The highest BCUT2D eigenvalue weighted by Crippen LogP contribution is 2.31. The lowest BCUT2D eigenvalue weighted by Crippen LogP contribution is -2.24. The van der Waals surface area contributed by atoms with Gasteiger partial charge < -0.3 is 10.3 Å². The summed E-state index contributed by atoms with van der Waals surface area (Å²) in [7, 11) is 0. The number of carbonyl (C=O) groups is 1. The van der Waals surface area contributed by atoms with E-state index in [1.165, 1.54) is 13.3 Å². The highest BCUT2D eigenvalue weighted by molar-refractivity contribution is 5.72. The second-order valence-corrected chi connectivity index (χ2v) is 5.71. The molecular formula is C16H21N5O. The highest BCUT2D eigenvalue weighted by Gasteiger charge is 2.27. The Morgan fingerprint density at radius 2 is 2.36 bits per heavy atom. The highest BCUT2D eigenvalue weighted by atomic mass is 16.1. The molecular weight excluding hydrogens is 278 g/mol. The molecule has 0 unspecified atom stereocenters. The van der Waals surface area contributed by atoms with Gasteiger partial charge in [-0.2, -0.15) is 0 Å². The van der Waals surface area contributed by atoms with Gasteiger partial charge in [0, 0.05) is 38.1 Å². The zero-order valence-electron chi connectivity index (χ0n) is 12.7. The summed E-state index contributed by atoms with van der Waals surface area (Å²) in [5.41, 5.74) is 3.26. The van der Waals surface area contributed by atoms with Crippen molar-refractivity contribution in [2.75, 3.05) is 6.54 Å². The van der Waals surface area contributed by atoms with Gasteiger partial charge in [0.25, 0.3) is 0 Å². The van der Waals surface area contributed by atoms with Crippen LogP contribution in [0.15, 0.2) is 30.9 Å². The van der Waals surface area contributed by atoms with Crippen molar-refractivity contribution in [2.45, 2.75) is 38.9 Å². The number of carbonyl (C=O) groups excluding carboxylic acids is 1. The first-order chi connectivity index (χ1) is 10.7. The van der Waals surface area contributed by atoms with Crippen LogP contribution in [0.2, 0.25) is 0 Å². The minimum atomic E-state index is -0.0226. The Labute approximate surface area is 130 Å². The standard InChI is InChI=1S/C16H21N5O/c1-12(22)18-7-13-4-5-15(19-8-13)16-3-2-6-21(16)10-14-9-17-11-20-14/h4-5,8-9,11,16H,2-3,6-7,10H2,1H3,(H,17,20)(H,18,22)/t16-/m1/s1. The molecule has 2 aromatic heterocycles. The molecule has 1 atom stereocenters. The van der Waals surface area contributed by atoms with E-state index in [1.54, 1.807) is 6.33 Å². The van der Waals surface area contributed by atoms with Gasteiger partial charge in [-0.15, -0.1) is 0 Å². The molecule has 22 heavy (non-hydrogen) atoms. The van der Waals surface area contributed by atoms with E-state index in [4.69, 9.17) is 0 Å². The van der Waals surface area contributed by atoms with E-state index in [0.717, 1.165) is 36.5 Å². The third-order valence-corrected chi connectivity index (χ3v) is 4.02. The molecule has 0 radical (unpaired) electrons. The predicted octanol–water partition coefficient (Wildman–Crippen LogP) is 1.78. The Balaban J connectivity index is 1.65. The van der Waals surface area contributed by atoms with E-state index in [1.807, 2.05) is 18.5 Å². The van der Waals surface area contributed by atoms with Crippen LogP contribution in [0.3, 0.4) is 0 Å². The number of aromatic nitrogens is 3. The zero-order chi connectivity index (χ0) is 15.4. The fourth-order valence-electron chi connectivity index (χ4n) is 2.90. The van der Waals surface area contributed by atoms with Gasteiger partial charge in [0.1, 0.15) is 0 Å². The maximum absolute atomic E-state index is 10.9. The molecule has 2 aromatic rings. The zero-order valence-corrected chi connectivity index (χ0v) is 12.7. The van der Waals surface area contributed by atoms with Crippen molar-refractivity contribution in [3.63, 3.8) is 0 Å². The van der Waals surface area contributed by atoms with Gasteiger partial charge in [-0.3, -0.25) is 14.7 Å². The molecule has 1 saturated heterocycles. The topological polar surface area (TPSA) is 73.9 Å². The van der Waals surface area contributed by atoms with Crippen molar-refractivity contribution in [1.29, 1.82) is 0 Å². The molecule has 0 bridgehead atoms. The second kappa shape index (κ2) is 6.70. The van der Waals surface area contributed by atoms with E-state index in [-0.39, 0.29) is 5.91 Å². The largest absolute Gasteiger partial charge is 0.352 e. The Morgan fingerprint density at radius 1 is 1.45 bits per heavy atom. The molecule has 0 aromatic carbocycles. The smallest absolute Gasteiger partial charge is 0.217 e. The SMILES string of the molecule is CC(=O)NCc1ccc([C@H]2CCCN2Cc2cnc[nH]2)nc1. The van der Waals surface area contributed by atoms with E-state index in [9.17, 15) is 4.79 Å². The van der Waals surface area contributed by atoms with Crippen molar-refractivity contribution in [1.82, 2.24) is 25.2 Å². The number of pyridine rings is 1. The van der Waals surface area contributed by atoms with Crippen molar-refractivity contribution in [2.24, 2.45) is 0 Å². The third-order valence-electron chi connectivity index (χ3n) is 4.02. The summed E-state index contributed by atoms with van der Waals surface area (Å²) < 4.78 is 0. The van der Waals surface area contributed by atoms with E-state index < -0.39 is 0 Å². The summed E-state index contributed by atoms with van der Waals surface area (Å²) in [6.07, 6.45) is 7.77. The van der Waals surface area contributed by atoms with Crippen LogP contribution in [0.5, 0.6) is 0 Å². The summed E-state index contributed by atoms with van der Waals surface area (Å²) in [5.74, 6) is -0.0226. The molecule has 6 heteroatoms. The number of hydrogen-bond acceptors (Lipinski definition) is 4. The summed E-state index contributed by atoms with van der Waals surface area (Å²) >= 11 is 0. The maximum Gasteiger partial charge on any atom is 0.217 e. The van der Waals surface area contributed by atoms with E-state index in [0.29, 0.717) is 12.6 Å². The third kappa shape index (κ3) is 3.51. The molecule has 1 fully saturated rings. The minimum absolute atomic E-state index is 0.0226. The lowest BCUT2D eigenvalue weighted by molar-refractivity contribution is -0.119. The van der Waals surface area contributed by atoms with Crippen LogP contribution in [-0.2, 0) is 17.9 Å². The molecule has 2 N–H and O–H groups in total. The van der Waals surface area contributed by atoms with Crippen molar-refractivity contribution < 1.29 is 4.79 Å². The average Bonchev–Trinajstić information content (AvgIpc) is 3.18. The molecule has 3 rings (SSSR count). The summed E-state index contributed by atoms with van der Waals surface area (Å²) in [4.78, 5) is 25.2. The van der Waals surface area contributed by atoms with Crippen molar-refractivity contribution in [3.8, 4) is 0 Å². The number of nitrogens with one attached hydrogen (secondary N) is 2. The molecule has 3 heterocycles. The minimum Gasteiger partial charge on any atom is -0.352 e. The maximum atomic E-state index is 10.9. The van der Waals surface area contributed by atoms with E-state index in [2.05, 4.69) is 31.2 Å². The first kappa shape index (κ1) is 14.7. The van der Waals surface area contributed by atoms with Gasteiger partial charge in [-0.1, -0.05) is 6.07 Å². The van der Waals surface area contributed by atoms with Gasteiger partial charge in [-0.05, 0) is 31.0 Å². The number of rotatable bonds is 5. The summed E-state index contributed by atoms with van der Waals surface area (Å²) in [6, 6.07) is 4.48. The Bertz CT molecular complexity index is 608. The lowest BCUT2D eigenvalue weighted by atomic mass is 10.1. The molecule has 1 aliphatic rings. The van der Waals surface area contributed by atoms with Crippen molar-refractivity contribution >= 4 is 5.91 Å². The number of aromatic amines is 1. The fraction of sp³-hybridized carbons (Fsp3) is 0.438. The fourth-order valence-corrected chi connectivity index (χ4v) is 2.90. The molecule has 6 nitrogen and oxygen atoms in total. The summed E-state index contributed by atoms with van der Waals surface area (Å²) in [6.45, 7) is 4.01. The number of amides is 1. The lowest BCUT2D eigenvalue weighted by Gasteiger charge is -2.23. The quantitative estimate of drug-likeness (QED) is 0.882. The first-order valence-corrected chi connectivity index (χ1v) is 7.63. The summed E-state index contributed by atoms with van der Waals surface area (Å²) in [5, 5.41) is 2.79. The first-order valence-electron chi connectivity index (χ1n) is 7.63. The number of imidazole rings is 1. The molecule has 1 amide bonds. The number of H-pyrrole nitrogens is 1. The van der Waals surface area contributed by atoms with Crippen LogP contribution in [0.1, 0.15) is 42.8 Å². The van der Waals surface area contributed by atoms with Gasteiger partial charge in [0.05, 0.1) is 18.1 Å². The van der Waals surface area contributed by atoms with Crippen LogP contribution in [-0.4, -0.2) is 32.3 Å². The van der Waals surface area contributed by atoms with Crippen LogP contribution in [0.25, 0.3) is 0 Å². The molecule has 0 saturated carbocycles. The Kier molecular flexibility index (Phi) is 4.48. The van der Waals surface area contributed by atoms with Gasteiger partial charge in [-0.25, -0.2) is 4.98 Å². The monoisotopic (exact) mass is 299 g/mol. The van der Waals surface area contributed by atoms with Crippen LogP contribution < -0.4 is 5.32 Å². The van der Waals surface area contributed by atoms with Crippen LogP contribution in [0.4, 0.5) is 0 Å². The number of likely N-dealkylation sites (tertiary alicyclic amines) is 1. The van der Waals surface area contributed by atoms with Gasteiger partial charge >= 0.3 is 0 Å². The second-order valence-electron chi connectivity index (χ2n) is 5.71. The Morgan fingerprint density at radius 3 is 3.05 bits per heavy atom. The van der Waals surface area contributed by atoms with Crippen molar-refractivity contribution in [3.05, 3.63) is 47.8 Å². The molecule has 116 valence electrons. The van der Waals surface area contributed by atoms with Crippen LogP contribution in [0, 0.1) is 0 Å². The molecule has 0 aliphatic carbocycles. The normalized spacial score (nSPS) is 18.5. The predicted molar refractivity (Wildman–Crippen MR) is 82.7 cm³/mol. The number of nitrogens with zero attached hydrogens (tertiary/aromatic N) is 3. The molecule has 0 spiro atoms. The number of hydrogen-bond donors (Lipinski definition) is 2. The Hall–Kier alpha value is -2.21.